The highest BCUT2D eigenvalue weighted by Crippen LogP contribution is 2.19. The molecule has 146 valence electrons. The van der Waals surface area contributed by atoms with Gasteiger partial charge < -0.3 is 5.32 Å². The lowest BCUT2D eigenvalue weighted by Crippen LogP contribution is -2.13. The van der Waals surface area contributed by atoms with Crippen molar-refractivity contribution in [1.29, 1.82) is 0 Å². The van der Waals surface area contributed by atoms with Gasteiger partial charge in [-0.05, 0) is 63.2 Å². The van der Waals surface area contributed by atoms with E-state index < -0.39 is 0 Å². The maximum absolute atomic E-state index is 12.7. The molecule has 0 unspecified atom stereocenters. The fourth-order valence-electron chi connectivity index (χ4n) is 3.12. The van der Waals surface area contributed by atoms with Gasteiger partial charge in [-0.2, -0.15) is 10.2 Å². The molecule has 0 saturated heterocycles. The summed E-state index contributed by atoms with van der Waals surface area (Å²) < 4.78 is 4.50. The van der Waals surface area contributed by atoms with Crippen LogP contribution in [0.1, 0.15) is 27.4 Å². The number of hydrogen-bond acceptors (Lipinski definition) is 4. The average Bonchev–Trinajstić information content (AvgIpc) is 3.25. The van der Waals surface area contributed by atoms with Gasteiger partial charge in [-0.3, -0.25) is 4.79 Å². The predicted molar refractivity (Wildman–Crippen MR) is 115 cm³/mol. The van der Waals surface area contributed by atoms with Crippen molar-refractivity contribution in [3.63, 3.8) is 0 Å². The van der Waals surface area contributed by atoms with Gasteiger partial charge in [0.15, 0.2) is 5.82 Å². The third-order valence-electron chi connectivity index (χ3n) is 4.56. The Morgan fingerprint density at radius 2 is 1.76 bits per heavy atom. The zero-order valence-corrected chi connectivity index (χ0v) is 17.8. The first kappa shape index (κ1) is 19.1. The van der Waals surface area contributed by atoms with Crippen molar-refractivity contribution in [1.82, 2.24) is 24.5 Å². The summed E-state index contributed by atoms with van der Waals surface area (Å²) in [4.78, 5) is 17.1. The van der Waals surface area contributed by atoms with E-state index in [0.29, 0.717) is 17.1 Å². The molecule has 0 atom stereocenters. The van der Waals surface area contributed by atoms with Crippen molar-refractivity contribution < 1.29 is 4.79 Å². The third-order valence-corrected chi connectivity index (χ3v) is 5.09. The van der Waals surface area contributed by atoms with E-state index in [1.807, 2.05) is 63.2 Å². The molecule has 0 spiro atoms. The molecule has 8 heteroatoms. The molecule has 1 aromatic carbocycles. The number of nitrogens with one attached hydrogen (secondary N) is 1. The Bertz CT molecular complexity index is 1180. The molecule has 7 nitrogen and oxygen atoms in total. The Morgan fingerprint density at radius 1 is 1.00 bits per heavy atom. The monoisotopic (exact) mass is 450 g/mol. The molecule has 1 amide bonds. The van der Waals surface area contributed by atoms with Gasteiger partial charge in [0, 0.05) is 10.2 Å². The zero-order chi connectivity index (χ0) is 20.5. The van der Waals surface area contributed by atoms with Gasteiger partial charge in [-0.25, -0.2) is 14.3 Å². The molecular formula is C21H19BrN6O. The van der Waals surface area contributed by atoms with Crippen molar-refractivity contribution >= 4 is 27.5 Å². The van der Waals surface area contributed by atoms with Gasteiger partial charge in [0.25, 0.3) is 5.91 Å². The van der Waals surface area contributed by atoms with Gasteiger partial charge in [0.2, 0.25) is 0 Å². The molecule has 4 rings (SSSR count). The van der Waals surface area contributed by atoms with Crippen LogP contribution in [0, 0.1) is 20.8 Å². The fourth-order valence-corrected chi connectivity index (χ4v) is 3.38. The molecule has 0 aliphatic carbocycles. The highest BCUT2D eigenvalue weighted by molar-refractivity contribution is 9.10. The van der Waals surface area contributed by atoms with E-state index in [-0.39, 0.29) is 5.91 Å². The number of halogens is 1. The first-order chi connectivity index (χ1) is 13.9. The molecule has 1 N–H and O–H groups in total. The van der Waals surface area contributed by atoms with E-state index in [1.54, 1.807) is 21.8 Å². The van der Waals surface area contributed by atoms with Crippen molar-refractivity contribution in [2.45, 2.75) is 20.8 Å². The minimum atomic E-state index is -0.230. The van der Waals surface area contributed by atoms with Crippen molar-refractivity contribution in [3.8, 4) is 11.5 Å². The Balaban J connectivity index is 1.52. The Morgan fingerprint density at radius 3 is 2.38 bits per heavy atom. The fraction of sp³-hybridized carbons (Fsp3) is 0.143. The molecule has 3 aromatic heterocycles. The predicted octanol–water partition coefficient (Wildman–Crippen LogP) is 4.39. The number of carbonyl (C=O) groups is 1. The van der Waals surface area contributed by atoms with E-state index in [9.17, 15) is 4.79 Å². The zero-order valence-electron chi connectivity index (χ0n) is 16.2. The SMILES string of the molecule is Cc1cc(C)n(-c2ccc(NC(=O)c3cnn(-c4ccc(Br)cc4)c3C)cn2)n1. The molecule has 29 heavy (non-hydrogen) atoms. The molecule has 0 aliphatic rings. The first-order valence-corrected chi connectivity index (χ1v) is 9.83. The Hall–Kier alpha value is -3.26. The molecule has 3 heterocycles. The van der Waals surface area contributed by atoms with Gasteiger partial charge in [-0.1, -0.05) is 15.9 Å². The molecule has 4 aromatic rings. The lowest BCUT2D eigenvalue weighted by atomic mass is 10.2. The van der Waals surface area contributed by atoms with Crippen LogP contribution >= 0.6 is 15.9 Å². The van der Waals surface area contributed by atoms with Crippen molar-refractivity contribution in [2.24, 2.45) is 0 Å². The number of amides is 1. The van der Waals surface area contributed by atoms with E-state index in [4.69, 9.17) is 0 Å². The maximum atomic E-state index is 12.7. The van der Waals surface area contributed by atoms with Crippen LogP contribution in [0.2, 0.25) is 0 Å². The summed E-state index contributed by atoms with van der Waals surface area (Å²) >= 11 is 3.42. The molecule has 0 fully saturated rings. The second kappa shape index (κ2) is 7.63. The van der Waals surface area contributed by atoms with Crippen LogP contribution in [0.25, 0.3) is 11.5 Å². The quantitative estimate of drug-likeness (QED) is 0.499. The van der Waals surface area contributed by atoms with Crippen molar-refractivity contribution in [3.05, 3.63) is 82.0 Å². The van der Waals surface area contributed by atoms with E-state index in [1.165, 1.54) is 0 Å². The van der Waals surface area contributed by atoms with Gasteiger partial charge in [0.05, 0.1) is 40.7 Å². The average molecular weight is 451 g/mol. The lowest BCUT2D eigenvalue weighted by Gasteiger charge is -2.08. The summed E-state index contributed by atoms with van der Waals surface area (Å²) in [5.74, 6) is 0.472. The van der Waals surface area contributed by atoms with Crippen LogP contribution in [-0.4, -0.2) is 30.5 Å². The number of benzene rings is 1. The first-order valence-electron chi connectivity index (χ1n) is 9.04. The normalized spacial score (nSPS) is 10.9. The summed E-state index contributed by atoms with van der Waals surface area (Å²) in [6.45, 7) is 5.78. The summed E-state index contributed by atoms with van der Waals surface area (Å²) in [6.07, 6.45) is 3.20. The number of rotatable bonds is 4. The van der Waals surface area contributed by atoms with Crippen LogP contribution in [0.5, 0.6) is 0 Å². The number of anilines is 1. The lowest BCUT2D eigenvalue weighted by molar-refractivity contribution is 0.102. The highest BCUT2D eigenvalue weighted by atomic mass is 79.9. The van der Waals surface area contributed by atoms with Crippen molar-refractivity contribution in [2.75, 3.05) is 5.32 Å². The van der Waals surface area contributed by atoms with E-state index in [0.717, 1.165) is 27.2 Å². The number of pyridine rings is 1. The summed E-state index contributed by atoms with van der Waals surface area (Å²) in [7, 11) is 0. The van der Waals surface area contributed by atoms with Crippen LogP contribution in [-0.2, 0) is 0 Å². The minimum Gasteiger partial charge on any atom is -0.320 e. The number of aromatic nitrogens is 5. The number of hydrogen-bond donors (Lipinski definition) is 1. The molecule has 0 radical (unpaired) electrons. The third kappa shape index (κ3) is 3.84. The highest BCUT2D eigenvalue weighted by Gasteiger charge is 2.16. The standard InChI is InChI=1S/C21H19BrN6O/c1-13-10-14(2)27(26-13)20-9-6-17(11-23-20)25-21(29)19-12-24-28(15(19)3)18-7-4-16(22)5-8-18/h4-12H,1-3H3,(H,25,29). The molecule has 0 aliphatic heterocycles. The largest absolute Gasteiger partial charge is 0.320 e. The van der Waals surface area contributed by atoms with Crippen LogP contribution in [0.4, 0.5) is 5.69 Å². The van der Waals surface area contributed by atoms with Crippen LogP contribution in [0.15, 0.2) is 59.3 Å². The number of nitrogens with zero attached hydrogens (tertiary/aromatic N) is 5. The molecule has 0 saturated carbocycles. The van der Waals surface area contributed by atoms with E-state index in [2.05, 4.69) is 36.4 Å². The topological polar surface area (TPSA) is 77.6 Å². The summed E-state index contributed by atoms with van der Waals surface area (Å²) in [5, 5.41) is 11.7. The van der Waals surface area contributed by atoms with Gasteiger partial charge in [0.1, 0.15) is 0 Å². The number of carbonyl (C=O) groups excluding carboxylic acids is 1. The van der Waals surface area contributed by atoms with Crippen LogP contribution < -0.4 is 5.32 Å². The Kier molecular flexibility index (Phi) is 5.02. The Labute approximate surface area is 176 Å². The smallest absolute Gasteiger partial charge is 0.259 e. The molecular weight excluding hydrogens is 432 g/mol. The minimum absolute atomic E-state index is 0.230. The van der Waals surface area contributed by atoms with Crippen LogP contribution in [0.3, 0.4) is 0 Å². The van der Waals surface area contributed by atoms with Gasteiger partial charge in [-0.15, -0.1) is 0 Å². The van der Waals surface area contributed by atoms with E-state index >= 15 is 0 Å². The summed E-state index contributed by atoms with van der Waals surface area (Å²) in [5.41, 5.74) is 4.70. The second-order valence-corrected chi connectivity index (χ2v) is 7.65. The number of aryl methyl sites for hydroxylation is 2. The van der Waals surface area contributed by atoms with Gasteiger partial charge >= 0.3 is 0 Å². The second-order valence-electron chi connectivity index (χ2n) is 6.73. The summed E-state index contributed by atoms with van der Waals surface area (Å²) in [6, 6.07) is 13.4. The maximum Gasteiger partial charge on any atom is 0.259 e. The molecule has 0 bridgehead atoms.